The molecule has 1 aliphatic rings. The number of benzene rings is 1. The Hall–Kier alpha value is -2.18. The SMILES string of the molecule is CC(C)[C@@H](NC(=O)Cc1ccccc1)C(=O)N1CCN(Cc2cccs2)CC1. The van der Waals surface area contributed by atoms with Gasteiger partial charge in [-0.15, -0.1) is 11.3 Å². The molecule has 0 radical (unpaired) electrons. The number of hydrogen-bond acceptors (Lipinski definition) is 4. The molecule has 3 rings (SSSR count). The third kappa shape index (κ3) is 5.66. The van der Waals surface area contributed by atoms with Gasteiger partial charge in [0.15, 0.2) is 0 Å². The lowest BCUT2D eigenvalue weighted by Gasteiger charge is -2.37. The quantitative estimate of drug-likeness (QED) is 0.779. The van der Waals surface area contributed by atoms with Crippen molar-refractivity contribution in [2.24, 2.45) is 5.92 Å². The van der Waals surface area contributed by atoms with Crippen molar-refractivity contribution in [3.8, 4) is 0 Å². The molecule has 1 aromatic carbocycles. The van der Waals surface area contributed by atoms with Gasteiger partial charge in [-0.05, 0) is 22.9 Å². The second-order valence-corrected chi connectivity index (χ2v) is 8.66. The largest absolute Gasteiger partial charge is 0.344 e. The Morgan fingerprint density at radius 2 is 1.75 bits per heavy atom. The molecule has 0 aliphatic carbocycles. The summed E-state index contributed by atoms with van der Waals surface area (Å²) < 4.78 is 0. The van der Waals surface area contributed by atoms with E-state index in [0.29, 0.717) is 19.5 Å². The van der Waals surface area contributed by atoms with Crippen molar-refractivity contribution in [2.45, 2.75) is 32.9 Å². The highest BCUT2D eigenvalue weighted by atomic mass is 32.1. The summed E-state index contributed by atoms with van der Waals surface area (Å²) in [5.41, 5.74) is 0.956. The maximum absolute atomic E-state index is 13.0. The van der Waals surface area contributed by atoms with Crippen LogP contribution < -0.4 is 5.32 Å². The van der Waals surface area contributed by atoms with Gasteiger partial charge >= 0.3 is 0 Å². The van der Waals surface area contributed by atoms with E-state index in [4.69, 9.17) is 0 Å². The van der Waals surface area contributed by atoms with Gasteiger partial charge in [-0.2, -0.15) is 0 Å². The highest BCUT2D eigenvalue weighted by molar-refractivity contribution is 7.09. The summed E-state index contributed by atoms with van der Waals surface area (Å²) in [6, 6.07) is 13.4. The van der Waals surface area contributed by atoms with E-state index in [-0.39, 0.29) is 17.7 Å². The molecule has 0 spiro atoms. The minimum atomic E-state index is -0.472. The van der Waals surface area contributed by atoms with Gasteiger partial charge in [-0.3, -0.25) is 14.5 Å². The number of thiophene rings is 1. The molecule has 5 nitrogen and oxygen atoms in total. The lowest BCUT2D eigenvalue weighted by atomic mass is 10.0. The number of carbonyl (C=O) groups excluding carboxylic acids is 2. The van der Waals surface area contributed by atoms with Gasteiger partial charge in [0.25, 0.3) is 0 Å². The molecular formula is C22H29N3O2S. The molecule has 0 bridgehead atoms. The number of nitrogens with zero attached hydrogens (tertiary/aromatic N) is 2. The standard InChI is InChI=1S/C22H29N3O2S/c1-17(2)21(23-20(26)15-18-7-4-3-5-8-18)22(27)25-12-10-24(11-13-25)16-19-9-6-14-28-19/h3-9,14,17,21H,10-13,15-16H2,1-2H3,(H,23,26)/t21-/m1/s1. The topological polar surface area (TPSA) is 52.7 Å². The zero-order valence-electron chi connectivity index (χ0n) is 16.6. The summed E-state index contributed by atoms with van der Waals surface area (Å²) in [4.78, 5) is 31.1. The van der Waals surface area contributed by atoms with E-state index >= 15 is 0 Å². The van der Waals surface area contributed by atoms with Crippen LogP contribution in [0.25, 0.3) is 0 Å². The van der Waals surface area contributed by atoms with Gasteiger partial charge in [0.1, 0.15) is 6.04 Å². The Bertz CT molecular complexity index is 753. The summed E-state index contributed by atoms with van der Waals surface area (Å²) in [6.45, 7) is 8.07. The van der Waals surface area contributed by atoms with Gasteiger partial charge in [-0.25, -0.2) is 0 Å². The van der Waals surface area contributed by atoms with Crippen LogP contribution in [-0.4, -0.2) is 53.8 Å². The summed E-state index contributed by atoms with van der Waals surface area (Å²) in [5, 5.41) is 5.07. The molecule has 2 aromatic rings. The van der Waals surface area contributed by atoms with Crippen LogP contribution >= 0.6 is 11.3 Å². The second kappa shape index (κ2) is 9.85. The Kier molecular flexibility index (Phi) is 7.23. The van der Waals surface area contributed by atoms with Crippen LogP contribution in [-0.2, 0) is 22.6 Å². The van der Waals surface area contributed by atoms with E-state index in [1.54, 1.807) is 11.3 Å². The van der Waals surface area contributed by atoms with Crippen molar-refractivity contribution in [1.82, 2.24) is 15.1 Å². The minimum absolute atomic E-state index is 0.0344. The number of rotatable bonds is 7. The van der Waals surface area contributed by atoms with Crippen LogP contribution in [0, 0.1) is 5.92 Å². The zero-order chi connectivity index (χ0) is 19.9. The van der Waals surface area contributed by atoms with Crippen molar-refractivity contribution in [3.63, 3.8) is 0 Å². The highest BCUT2D eigenvalue weighted by Crippen LogP contribution is 2.15. The summed E-state index contributed by atoms with van der Waals surface area (Å²) in [7, 11) is 0. The minimum Gasteiger partial charge on any atom is -0.344 e. The van der Waals surface area contributed by atoms with Crippen molar-refractivity contribution < 1.29 is 9.59 Å². The predicted octanol–water partition coefficient (Wildman–Crippen LogP) is 2.78. The van der Waals surface area contributed by atoms with Gasteiger partial charge < -0.3 is 10.2 Å². The zero-order valence-corrected chi connectivity index (χ0v) is 17.5. The van der Waals surface area contributed by atoms with Crippen LogP contribution in [0.4, 0.5) is 0 Å². The number of piperazine rings is 1. The first kappa shape index (κ1) is 20.6. The summed E-state index contributed by atoms with van der Waals surface area (Å²) >= 11 is 1.77. The average Bonchev–Trinajstić information content (AvgIpc) is 3.20. The smallest absolute Gasteiger partial charge is 0.245 e. The second-order valence-electron chi connectivity index (χ2n) is 7.63. The number of amides is 2. The summed E-state index contributed by atoms with van der Waals surface area (Å²) in [5.74, 6) is -0.0156. The van der Waals surface area contributed by atoms with Crippen LogP contribution in [0.1, 0.15) is 24.3 Å². The predicted molar refractivity (Wildman–Crippen MR) is 113 cm³/mol. The number of carbonyl (C=O) groups is 2. The van der Waals surface area contributed by atoms with Crippen molar-refractivity contribution in [2.75, 3.05) is 26.2 Å². The van der Waals surface area contributed by atoms with E-state index in [9.17, 15) is 9.59 Å². The van der Waals surface area contributed by atoms with E-state index in [1.165, 1.54) is 4.88 Å². The fourth-order valence-corrected chi connectivity index (χ4v) is 4.21. The van der Waals surface area contributed by atoms with Crippen LogP contribution in [0.2, 0.25) is 0 Å². The Labute approximate surface area is 171 Å². The lowest BCUT2D eigenvalue weighted by Crippen LogP contribution is -2.56. The fraction of sp³-hybridized carbons (Fsp3) is 0.455. The normalized spacial score (nSPS) is 16.2. The van der Waals surface area contributed by atoms with Crippen molar-refractivity contribution in [1.29, 1.82) is 0 Å². The summed E-state index contributed by atoms with van der Waals surface area (Å²) in [6.07, 6.45) is 0.298. The maximum atomic E-state index is 13.0. The average molecular weight is 400 g/mol. The van der Waals surface area contributed by atoms with Crippen molar-refractivity contribution in [3.05, 3.63) is 58.3 Å². The first-order valence-corrected chi connectivity index (χ1v) is 10.8. The number of nitrogens with one attached hydrogen (secondary N) is 1. The van der Waals surface area contributed by atoms with Gasteiger partial charge in [-0.1, -0.05) is 50.2 Å². The van der Waals surface area contributed by atoms with Gasteiger partial charge in [0, 0.05) is 37.6 Å². The molecule has 0 saturated carbocycles. The molecular weight excluding hydrogens is 370 g/mol. The monoisotopic (exact) mass is 399 g/mol. The van der Waals surface area contributed by atoms with E-state index in [1.807, 2.05) is 49.1 Å². The van der Waals surface area contributed by atoms with E-state index in [0.717, 1.165) is 25.2 Å². The third-order valence-corrected chi connectivity index (χ3v) is 5.96. The highest BCUT2D eigenvalue weighted by Gasteiger charge is 2.30. The Balaban J connectivity index is 1.52. The molecule has 1 fully saturated rings. The molecule has 6 heteroatoms. The third-order valence-electron chi connectivity index (χ3n) is 5.10. The van der Waals surface area contributed by atoms with Crippen LogP contribution in [0.5, 0.6) is 0 Å². The van der Waals surface area contributed by atoms with E-state index in [2.05, 4.69) is 27.7 Å². The maximum Gasteiger partial charge on any atom is 0.245 e. The van der Waals surface area contributed by atoms with Gasteiger partial charge in [0.05, 0.1) is 6.42 Å². The molecule has 150 valence electrons. The van der Waals surface area contributed by atoms with E-state index < -0.39 is 6.04 Å². The number of hydrogen-bond donors (Lipinski definition) is 1. The first-order valence-electron chi connectivity index (χ1n) is 9.89. The Morgan fingerprint density at radius 1 is 1.04 bits per heavy atom. The van der Waals surface area contributed by atoms with Crippen LogP contribution in [0.15, 0.2) is 47.8 Å². The molecule has 0 unspecified atom stereocenters. The molecule has 1 atom stereocenters. The lowest BCUT2D eigenvalue weighted by molar-refractivity contribution is -0.139. The Morgan fingerprint density at radius 3 is 2.36 bits per heavy atom. The molecule has 1 saturated heterocycles. The molecule has 1 aromatic heterocycles. The molecule has 1 N–H and O–H groups in total. The first-order chi connectivity index (χ1) is 13.5. The van der Waals surface area contributed by atoms with Crippen LogP contribution in [0.3, 0.4) is 0 Å². The molecule has 2 heterocycles. The van der Waals surface area contributed by atoms with Gasteiger partial charge in [0.2, 0.25) is 11.8 Å². The fourth-order valence-electron chi connectivity index (χ4n) is 3.47. The molecule has 2 amide bonds. The van der Waals surface area contributed by atoms with Crippen molar-refractivity contribution >= 4 is 23.2 Å². The molecule has 1 aliphatic heterocycles. The molecule has 28 heavy (non-hydrogen) atoms.